The lowest BCUT2D eigenvalue weighted by molar-refractivity contribution is -0.114. The van der Waals surface area contributed by atoms with Gasteiger partial charge in [-0.25, -0.2) is 0 Å². The lowest BCUT2D eigenvalue weighted by Gasteiger charge is -2.01. The Morgan fingerprint density at radius 1 is 1.33 bits per heavy atom. The minimum Gasteiger partial charge on any atom is -0.326 e. The molecule has 0 spiro atoms. The van der Waals surface area contributed by atoms with E-state index in [1.165, 1.54) is 18.7 Å². The van der Waals surface area contributed by atoms with Crippen LogP contribution < -0.4 is 5.32 Å². The summed E-state index contributed by atoms with van der Waals surface area (Å²) in [6.07, 6.45) is 0.675. The van der Waals surface area contributed by atoms with Gasteiger partial charge in [-0.1, -0.05) is 29.7 Å². The molecule has 0 saturated carbocycles. The second-order valence-corrected chi connectivity index (χ2v) is 4.93. The smallest absolute Gasteiger partial charge is 0.221 e. The van der Waals surface area contributed by atoms with Crippen molar-refractivity contribution in [3.63, 3.8) is 0 Å². The fourth-order valence-corrected chi connectivity index (χ4v) is 1.78. The van der Waals surface area contributed by atoms with Gasteiger partial charge in [0.05, 0.1) is 0 Å². The molecule has 0 aromatic heterocycles. The number of anilines is 1. The first-order valence-corrected chi connectivity index (χ1v) is 6.56. The largest absolute Gasteiger partial charge is 0.326 e. The molecule has 0 unspecified atom stereocenters. The van der Waals surface area contributed by atoms with E-state index >= 15 is 0 Å². The van der Waals surface area contributed by atoms with Gasteiger partial charge in [0, 0.05) is 37.3 Å². The zero-order valence-corrected chi connectivity index (χ0v) is 11.3. The molecule has 1 N–H and O–H groups in total. The highest BCUT2D eigenvalue weighted by Crippen LogP contribution is 2.09. The highest BCUT2D eigenvalue weighted by molar-refractivity contribution is 8.13. The minimum absolute atomic E-state index is 0.0991. The molecule has 0 aliphatic heterocycles. The second-order valence-electron chi connectivity index (χ2n) is 3.65. The van der Waals surface area contributed by atoms with Gasteiger partial charge >= 0.3 is 0 Å². The third-order valence-corrected chi connectivity index (χ3v) is 2.76. The van der Waals surface area contributed by atoms with Crippen molar-refractivity contribution in [2.45, 2.75) is 20.3 Å². The predicted octanol–water partition coefficient (Wildman–Crippen LogP) is 2.67. The topological polar surface area (TPSA) is 46.2 Å². The number of thioether (sulfide) groups is 1. The van der Waals surface area contributed by atoms with Gasteiger partial charge in [-0.2, -0.15) is 0 Å². The van der Waals surface area contributed by atoms with E-state index in [4.69, 9.17) is 0 Å². The van der Waals surface area contributed by atoms with Gasteiger partial charge in [0.15, 0.2) is 5.12 Å². The molecule has 0 radical (unpaired) electrons. The Labute approximate surface area is 111 Å². The van der Waals surface area contributed by atoms with Crippen LogP contribution in [0.2, 0.25) is 0 Å². The van der Waals surface area contributed by atoms with E-state index in [0.717, 1.165) is 11.3 Å². The summed E-state index contributed by atoms with van der Waals surface area (Å²) in [5.74, 6) is 6.62. The van der Waals surface area contributed by atoms with Crippen molar-refractivity contribution in [3.8, 4) is 11.8 Å². The maximum absolute atomic E-state index is 10.9. The minimum atomic E-state index is -0.0991. The Bertz CT molecular complexity index is 500. The Hall–Kier alpha value is -1.73. The molecule has 1 amide bonds. The maximum atomic E-state index is 10.9. The summed E-state index contributed by atoms with van der Waals surface area (Å²) >= 11 is 1.28. The Kier molecular flexibility index (Phi) is 6.03. The summed E-state index contributed by atoms with van der Waals surface area (Å²) in [4.78, 5) is 21.6. The first-order chi connectivity index (χ1) is 8.58. The van der Waals surface area contributed by atoms with Gasteiger partial charge in [0.1, 0.15) is 0 Å². The fraction of sp³-hybridized carbons (Fsp3) is 0.286. The highest BCUT2D eigenvalue weighted by Gasteiger charge is 1.95. The van der Waals surface area contributed by atoms with Crippen molar-refractivity contribution in [1.29, 1.82) is 0 Å². The summed E-state index contributed by atoms with van der Waals surface area (Å²) in [7, 11) is 0. The number of carbonyl (C=O) groups excluding carboxylic acids is 2. The van der Waals surface area contributed by atoms with Crippen LogP contribution in [0, 0.1) is 11.8 Å². The van der Waals surface area contributed by atoms with Crippen LogP contribution in [-0.2, 0) is 9.59 Å². The SMILES string of the molecule is CC(=O)Nc1cccc(C#CCCSC(C)=O)c1. The van der Waals surface area contributed by atoms with Gasteiger partial charge in [-0.15, -0.1) is 0 Å². The third kappa shape index (κ3) is 6.12. The molecular weight excluding hydrogens is 246 g/mol. The molecule has 0 heterocycles. The molecule has 0 fully saturated rings. The molecule has 4 heteroatoms. The van der Waals surface area contributed by atoms with Crippen LogP contribution >= 0.6 is 11.8 Å². The molecule has 0 saturated heterocycles. The van der Waals surface area contributed by atoms with Gasteiger partial charge < -0.3 is 5.32 Å². The summed E-state index contributed by atoms with van der Waals surface area (Å²) in [6, 6.07) is 7.38. The van der Waals surface area contributed by atoms with Crippen molar-refractivity contribution >= 4 is 28.5 Å². The van der Waals surface area contributed by atoms with E-state index in [0.29, 0.717) is 12.2 Å². The third-order valence-electron chi connectivity index (χ3n) is 1.95. The number of carbonyl (C=O) groups is 2. The number of hydrogen-bond acceptors (Lipinski definition) is 3. The quantitative estimate of drug-likeness (QED) is 0.672. The molecule has 3 nitrogen and oxygen atoms in total. The molecule has 94 valence electrons. The number of amides is 1. The Morgan fingerprint density at radius 3 is 2.78 bits per heavy atom. The number of hydrogen-bond donors (Lipinski definition) is 1. The van der Waals surface area contributed by atoms with Gasteiger partial charge in [-0.3, -0.25) is 9.59 Å². The lowest BCUT2D eigenvalue weighted by atomic mass is 10.2. The molecule has 0 atom stereocenters. The van der Waals surface area contributed by atoms with Gasteiger partial charge in [0.25, 0.3) is 0 Å². The molecule has 1 rings (SSSR count). The van der Waals surface area contributed by atoms with Crippen LogP contribution in [0.5, 0.6) is 0 Å². The van der Waals surface area contributed by atoms with Crippen LogP contribution in [-0.4, -0.2) is 16.8 Å². The number of rotatable bonds is 3. The van der Waals surface area contributed by atoms with Crippen LogP contribution in [0.1, 0.15) is 25.8 Å². The molecule has 1 aromatic rings. The van der Waals surface area contributed by atoms with Crippen molar-refractivity contribution in [2.24, 2.45) is 0 Å². The van der Waals surface area contributed by atoms with Crippen LogP contribution in [0.15, 0.2) is 24.3 Å². The molecule has 0 bridgehead atoms. The highest BCUT2D eigenvalue weighted by atomic mass is 32.2. The average Bonchev–Trinajstić information content (AvgIpc) is 2.27. The van der Waals surface area contributed by atoms with Crippen LogP contribution in [0.4, 0.5) is 5.69 Å². The van der Waals surface area contributed by atoms with Crippen molar-refractivity contribution in [3.05, 3.63) is 29.8 Å². The van der Waals surface area contributed by atoms with E-state index in [2.05, 4.69) is 17.2 Å². The van der Waals surface area contributed by atoms with E-state index in [9.17, 15) is 9.59 Å². The van der Waals surface area contributed by atoms with Gasteiger partial charge in [0.2, 0.25) is 5.91 Å². The van der Waals surface area contributed by atoms with Gasteiger partial charge in [-0.05, 0) is 18.2 Å². The summed E-state index contributed by atoms with van der Waals surface area (Å²) in [5, 5.41) is 2.82. The molecule has 0 aliphatic carbocycles. The van der Waals surface area contributed by atoms with Crippen molar-refractivity contribution in [1.82, 2.24) is 0 Å². The average molecular weight is 261 g/mol. The summed E-state index contributed by atoms with van der Waals surface area (Å²) in [5.41, 5.74) is 1.60. The number of benzene rings is 1. The lowest BCUT2D eigenvalue weighted by Crippen LogP contribution is -2.05. The predicted molar refractivity (Wildman–Crippen MR) is 75.4 cm³/mol. The number of nitrogens with one attached hydrogen (secondary N) is 1. The van der Waals surface area contributed by atoms with E-state index in [1.54, 1.807) is 6.92 Å². The van der Waals surface area contributed by atoms with Crippen LogP contribution in [0.25, 0.3) is 0 Å². The molecular formula is C14H15NO2S. The molecule has 18 heavy (non-hydrogen) atoms. The molecule has 0 aliphatic rings. The normalized spacial score (nSPS) is 9.22. The first-order valence-electron chi connectivity index (χ1n) is 5.58. The van der Waals surface area contributed by atoms with Crippen molar-refractivity contribution in [2.75, 3.05) is 11.1 Å². The fourth-order valence-electron chi connectivity index (χ4n) is 1.29. The zero-order chi connectivity index (χ0) is 13.4. The van der Waals surface area contributed by atoms with Crippen LogP contribution in [0.3, 0.4) is 0 Å². The monoisotopic (exact) mass is 261 g/mol. The first kappa shape index (κ1) is 14.3. The zero-order valence-electron chi connectivity index (χ0n) is 10.4. The standard InChI is InChI=1S/C14H15NO2S/c1-11(16)15-14-8-5-7-13(10-14)6-3-4-9-18-12(2)17/h5,7-8,10H,4,9H2,1-2H3,(H,15,16). The van der Waals surface area contributed by atoms with Crippen molar-refractivity contribution < 1.29 is 9.59 Å². The van der Waals surface area contributed by atoms with E-state index < -0.39 is 0 Å². The Balaban J connectivity index is 2.54. The Morgan fingerprint density at radius 2 is 2.11 bits per heavy atom. The second kappa shape index (κ2) is 7.57. The summed E-state index contributed by atoms with van der Waals surface area (Å²) < 4.78 is 0. The maximum Gasteiger partial charge on any atom is 0.221 e. The van der Waals surface area contributed by atoms with E-state index in [1.807, 2.05) is 24.3 Å². The summed E-state index contributed by atoms with van der Waals surface area (Å²) in [6.45, 7) is 3.02. The van der Waals surface area contributed by atoms with E-state index in [-0.39, 0.29) is 11.0 Å². The molecule has 1 aromatic carbocycles.